The normalized spacial score (nSPS) is 22.1. The highest BCUT2D eigenvalue weighted by molar-refractivity contribution is 6.05. The topological polar surface area (TPSA) is 119 Å². The molecule has 11 nitrogen and oxygen atoms in total. The third-order valence-corrected chi connectivity index (χ3v) is 11.5. The summed E-state index contributed by atoms with van der Waals surface area (Å²) >= 11 is 0. The lowest BCUT2D eigenvalue weighted by molar-refractivity contribution is -0.141. The van der Waals surface area contributed by atoms with Crippen molar-refractivity contribution < 1.29 is 41.3 Å². The highest BCUT2D eigenvalue weighted by atomic mass is 19.4. The Balaban J connectivity index is 1.10. The SMILES string of the molecule is C#Cc1c(F)ccc2cc(O)cc(-c3nc4c5c(nc(OC[C@@]67CCCN6[C@H](COc6cc(C(F)(F)F)ncn6)CC7)nc5c3F)N3CCCOC[C@@H]3C=C4C)c12. The van der Waals surface area contributed by atoms with E-state index in [9.17, 15) is 18.3 Å². The van der Waals surface area contributed by atoms with Gasteiger partial charge in [-0.15, -0.1) is 6.42 Å². The molecule has 294 valence electrons. The molecule has 4 aliphatic rings. The molecule has 0 radical (unpaired) electrons. The van der Waals surface area contributed by atoms with Crippen LogP contribution in [0.5, 0.6) is 17.6 Å². The number of rotatable bonds is 7. The fourth-order valence-corrected chi connectivity index (χ4v) is 8.93. The summed E-state index contributed by atoms with van der Waals surface area (Å²) in [7, 11) is 0. The Hall–Kier alpha value is -5.66. The van der Waals surface area contributed by atoms with Crippen LogP contribution in [0.3, 0.4) is 0 Å². The van der Waals surface area contributed by atoms with Crippen LogP contribution in [0, 0.1) is 24.0 Å². The number of hydrogen-bond donors (Lipinski definition) is 1. The van der Waals surface area contributed by atoms with Gasteiger partial charge in [-0.05, 0) is 74.7 Å². The van der Waals surface area contributed by atoms with Gasteiger partial charge in [0.1, 0.15) is 48.1 Å². The number of phenols is 1. The Labute approximate surface area is 323 Å². The molecule has 3 aromatic heterocycles. The molecule has 16 heteroatoms. The molecule has 0 saturated carbocycles. The molecule has 0 unspecified atom stereocenters. The van der Waals surface area contributed by atoms with Crippen LogP contribution in [0.4, 0.5) is 27.8 Å². The van der Waals surface area contributed by atoms with Gasteiger partial charge in [0, 0.05) is 36.2 Å². The molecule has 1 N–H and O–H groups in total. The number of phenolic OH excluding ortho intramolecular Hbond substituents is 1. The van der Waals surface area contributed by atoms with Crippen molar-refractivity contribution in [1.82, 2.24) is 29.8 Å². The van der Waals surface area contributed by atoms with Gasteiger partial charge >= 0.3 is 12.2 Å². The first-order valence-electron chi connectivity index (χ1n) is 18.7. The Morgan fingerprint density at radius 2 is 1.88 bits per heavy atom. The van der Waals surface area contributed by atoms with Crippen LogP contribution in [0.25, 0.3) is 38.5 Å². The fourth-order valence-electron chi connectivity index (χ4n) is 8.93. The number of halogens is 5. The Kier molecular flexibility index (Phi) is 9.12. The van der Waals surface area contributed by atoms with Crippen molar-refractivity contribution >= 4 is 33.1 Å². The summed E-state index contributed by atoms with van der Waals surface area (Å²) in [4.78, 5) is 26.0. The third kappa shape index (κ3) is 6.42. The molecule has 0 amide bonds. The highest BCUT2D eigenvalue weighted by Crippen LogP contribution is 2.45. The Morgan fingerprint density at radius 1 is 1.02 bits per heavy atom. The first-order chi connectivity index (χ1) is 27.4. The van der Waals surface area contributed by atoms with Gasteiger partial charge in [-0.2, -0.15) is 23.1 Å². The van der Waals surface area contributed by atoms with E-state index in [4.69, 9.17) is 35.6 Å². The van der Waals surface area contributed by atoms with Crippen molar-refractivity contribution in [2.45, 2.75) is 62.8 Å². The standard InChI is InChI=1S/C41H36F5N7O4/c1-3-27-29(42)7-6-23-15-26(54)16-28(32(23)27)36-34(43)37-33-35(49-36)22(2)14-25-18-55-13-5-11-52(25)38(33)51-39(50-37)57-20-40-9-4-12-53(40)24(8-10-40)19-56-31-17-30(41(44,45)46)47-21-48-31/h1,6-7,14-17,21,24-25,54H,4-5,8-13,18-20H2,2H3/t24-,25-,40-/m0/s1. The average molecular weight is 786 g/mol. The molecule has 3 saturated heterocycles. The molecule has 7 heterocycles. The highest BCUT2D eigenvalue weighted by Gasteiger charge is 2.50. The van der Waals surface area contributed by atoms with Gasteiger partial charge in [0.05, 0.1) is 34.8 Å². The number of pyridine rings is 1. The number of aromatic nitrogens is 5. The lowest BCUT2D eigenvalue weighted by atomic mass is 9.95. The molecule has 0 aliphatic carbocycles. The molecule has 5 aromatic rings. The van der Waals surface area contributed by atoms with Crippen LogP contribution in [-0.4, -0.2) is 92.1 Å². The van der Waals surface area contributed by atoms with Crippen LogP contribution in [-0.2, 0) is 10.9 Å². The molecule has 0 spiro atoms. The van der Waals surface area contributed by atoms with E-state index in [-0.39, 0.29) is 70.7 Å². The first-order valence-corrected chi connectivity index (χ1v) is 18.7. The largest absolute Gasteiger partial charge is 0.508 e. The molecular formula is C41H36F5N7O4. The van der Waals surface area contributed by atoms with E-state index < -0.39 is 29.0 Å². The quantitative estimate of drug-likeness (QED) is 0.135. The van der Waals surface area contributed by atoms with Crippen LogP contribution < -0.4 is 14.4 Å². The zero-order valence-electron chi connectivity index (χ0n) is 30.7. The van der Waals surface area contributed by atoms with Crippen molar-refractivity contribution in [1.29, 1.82) is 0 Å². The minimum absolute atomic E-state index is 0.0549. The molecule has 0 bridgehead atoms. The van der Waals surface area contributed by atoms with Crippen molar-refractivity contribution in [3.8, 4) is 41.2 Å². The third-order valence-electron chi connectivity index (χ3n) is 11.5. The second-order valence-electron chi connectivity index (χ2n) is 14.9. The first kappa shape index (κ1) is 36.9. The number of alkyl halides is 3. The summed E-state index contributed by atoms with van der Waals surface area (Å²) in [6.45, 7) is 4.34. The van der Waals surface area contributed by atoms with E-state index >= 15 is 8.78 Å². The van der Waals surface area contributed by atoms with Crippen molar-refractivity contribution in [3.63, 3.8) is 0 Å². The average Bonchev–Trinajstić information content (AvgIpc) is 3.63. The summed E-state index contributed by atoms with van der Waals surface area (Å²) in [6.07, 6.45) is 7.75. The minimum Gasteiger partial charge on any atom is -0.508 e. The lowest BCUT2D eigenvalue weighted by Gasteiger charge is -2.34. The predicted octanol–water partition coefficient (Wildman–Crippen LogP) is 7.09. The summed E-state index contributed by atoms with van der Waals surface area (Å²) in [5, 5.41) is 11.8. The van der Waals surface area contributed by atoms with Gasteiger partial charge in [-0.25, -0.2) is 23.7 Å². The number of fused-ring (bicyclic) bond motifs is 4. The smallest absolute Gasteiger partial charge is 0.433 e. The molecule has 4 aliphatic heterocycles. The van der Waals surface area contributed by atoms with E-state index in [2.05, 4.69) is 25.7 Å². The predicted molar refractivity (Wildman–Crippen MR) is 200 cm³/mol. The number of anilines is 1. The molecular weight excluding hydrogens is 749 g/mol. The number of terminal acetylenes is 1. The maximum Gasteiger partial charge on any atom is 0.433 e. The number of aromatic hydroxyl groups is 1. The van der Waals surface area contributed by atoms with Gasteiger partial charge in [0.15, 0.2) is 11.5 Å². The van der Waals surface area contributed by atoms with Crippen LogP contribution in [0.1, 0.15) is 56.0 Å². The van der Waals surface area contributed by atoms with E-state index in [1.165, 1.54) is 24.3 Å². The zero-order chi connectivity index (χ0) is 39.6. The Morgan fingerprint density at radius 3 is 2.70 bits per heavy atom. The van der Waals surface area contributed by atoms with E-state index in [1.54, 1.807) is 0 Å². The van der Waals surface area contributed by atoms with Crippen LogP contribution in [0.15, 0.2) is 42.7 Å². The van der Waals surface area contributed by atoms with Gasteiger partial charge in [-0.1, -0.05) is 18.1 Å². The zero-order valence-corrected chi connectivity index (χ0v) is 30.7. The van der Waals surface area contributed by atoms with Gasteiger partial charge in [-0.3, -0.25) is 4.90 Å². The molecule has 2 aromatic carbocycles. The van der Waals surface area contributed by atoms with Crippen LogP contribution in [0.2, 0.25) is 0 Å². The summed E-state index contributed by atoms with van der Waals surface area (Å²) in [6, 6.07) is 5.77. The lowest BCUT2D eigenvalue weighted by Crippen LogP contribution is -2.48. The summed E-state index contributed by atoms with van der Waals surface area (Å²) in [5.41, 5.74) is -0.619. The van der Waals surface area contributed by atoms with Gasteiger partial charge in [0.2, 0.25) is 5.88 Å². The van der Waals surface area contributed by atoms with Crippen molar-refractivity contribution in [2.24, 2.45) is 0 Å². The monoisotopic (exact) mass is 785 g/mol. The minimum atomic E-state index is -4.62. The van der Waals surface area contributed by atoms with E-state index in [0.29, 0.717) is 54.9 Å². The van der Waals surface area contributed by atoms with Crippen molar-refractivity contribution in [2.75, 3.05) is 44.4 Å². The van der Waals surface area contributed by atoms with Gasteiger partial charge < -0.3 is 24.2 Å². The maximum atomic E-state index is 17.3. The number of nitrogens with zero attached hydrogens (tertiary/aromatic N) is 7. The summed E-state index contributed by atoms with van der Waals surface area (Å²) in [5.74, 6) is 0.979. The van der Waals surface area contributed by atoms with Gasteiger partial charge in [0.25, 0.3) is 0 Å². The number of hydrogen-bond acceptors (Lipinski definition) is 11. The Bertz CT molecular complexity index is 2510. The molecule has 9 rings (SSSR count). The number of benzene rings is 2. The maximum absolute atomic E-state index is 17.3. The fraction of sp³-hybridized carbons (Fsp3) is 0.390. The van der Waals surface area contributed by atoms with E-state index in [1.807, 2.05) is 13.0 Å². The molecule has 3 fully saturated rings. The van der Waals surface area contributed by atoms with Crippen LogP contribution >= 0.6 is 0 Å². The summed E-state index contributed by atoms with van der Waals surface area (Å²) < 4.78 is 90.4. The van der Waals surface area contributed by atoms with Crippen molar-refractivity contribution in [3.05, 3.63) is 71.3 Å². The molecule has 57 heavy (non-hydrogen) atoms. The number of ether oxygens (including phenoxy) is 3. The number of allylic oxidation sites excluding steroid dienone is 1. The molecule has 3 atom stereocenters. The second-order valence-corrected chi connectivity index (χ2v) is 14.9. The van der Waals surface area contributed by atoms with E-state index in [0.717, 1.165) is 43.8 Å². The second kappa shape index (κ2) is 14.1.